The third-order valence-corrected chi connectivity index (χ3v) is 10.7. The minimum atomic E-state index is -3.78. The minimum Gasteiger partial charge on any atom is -0.497 e. The molecule has 9 heteroatoms. The van der Waals surface area contributed by atoms with E-state index in [-0.39, 0.29) is 23.9 Å². The number of anilines is 1. The van der Waals surface area contributed by atoms with Gasteiger partial charge in [-0.25, -0.2) is 8.42 Å². The average Bonchev–Trinajstić information content (AvgIpc) is 2.93. The van der Waals surface area contributed by atoms with E-state index in [0.29, 0.717) is 11.4 Å². The molecule has 0 aliphatic heterocycles. The molecule has 4 saturated carbocycles. The zero-order chi connectivity index (χ0) is 30.2. The SMILES string of the molecule is COc1ccc(CN(C(=O)CN(c2ccc(C34CC5CC(CC(C5)C3)C4)cc2)S(C)(=O)=O)[C@H](C)C(=O)NC(C)C)cc1. The zero-order valence-corrected chi connectivity index (χ0v) is 26.3. The molecule has 2 amide bonds. The highest BCUT2D eigenvalue weighted by Crippen LogP contribution is 2.60. The standard InChI is InChI=1S/C33H45N3O5S/c1-22(2)34-32(38)23(3)35(20-24-6-12-30(41-4)13-7-24)31(37)21-36(42(5,39)40)29-10-8-28(9-11-29)33-17-25-14-26(18-33)16-27(15-25)19-33/h6-13,22-23,25-27H,14-21H2,1-5H3,(H,34,38)/t23-,25?,26?,27?,33?/m1/s1. The van der Waals surface area contributed by atoms with Crippen LogP contribution in [0.2, 0.25) is 0 Å². The van der Waals surface area contributed by atoms with Crippen LogP contribution in [-0.2, 0) is 31.6 Å². The first-order valence-corrected chi connectivity index (χ1v) is 17.0. The molecule has 4 aliphatic carbocycles. The predicted octanol–water partition coefficient (Wildman–Crippen LogP) is 4.87. The summed E-state index contributed by atoms with van der Waals surface area (Å²) in [6.45, 7) is 5.14. The smallest absolute Gasteiger partial charge is 0.244 e. The molecule has 8 nitrogen and oxygen atoms in total. The molecule has 1 N–H and O–H groups in total. The molecule has 4 fully saturated rings. The first kappa shape index (κ1) is 30.4. The Morgan fingerprint density at radius 2 is 1.48 bits per heavy atom. The number of hydrogen-bond acceptors (Lipinski definition) is 5. The Balaban J connectivity index is 1.38. The second kappa shape index (κ2) is 11.9. The van der Waals surface area contributed by atoms with Gasteiger partial charge in [0.1, 0.15) is 18.3 Å². The lowest BCUT2D eigenvalue weighted by Gasteiger charge is -2.57. The van der Waals surface area contributed by atoms with Crippen molar-refractivity contribution in [3.63, 3.8) is 0 Å². The Hall–Kier alpha value is -3.07. The highest BCUT2D eigenvalue weighted by atomic mass is 32.2. The lowest BCUT2D eigenvalue weighted by atomic mass is 9.48. The van der Waals surface area contributed by atoms with Crippen LogP contribution in [0.15, 0.2) is 48.5 Å². The number of carbonyl (C=O) groups excluding carboxylic acids is 2. The van der Waals surface area contributed by atoms with Gasteiger partial charge in [-0.15, -0.1) is 0 Å². The molecule has 0 unspecified atom stereocenters. The number of ether oxygens (including phenoxy) is 1. The van der Waals surface area contributed by atoms with Gasteiger partial charge in [-0.3, -0.25) is 13.9 Å². The molecule has 4 aliphatic rings. The van der Waals surface area contributed by atoms with Crippen molar-refractivity contribution in [1.82, 2.24) is 10.2 Å². The van der Waals surface area contributed by atoms with Gasteiger partial charge in [0.2, 0.25) is 21.8 Å². The van der Waals surface area contributed by atoms with Gasteiger partial charge in [-0.1, -0.05) is 24.3 Å². The summed E-state index contributed by atoms with van der Waals surface area (Å²) < 4.78 is 32.5. The quantitative estimate of drug-likeness (QED) is 0.400. The van der Waals surface area contributed by atoms with Crippen LogP contribution in [-0.4, -0.2) is 57.1 Å². The molecular formula is C33H45N3O5S. The molecule has 0 heterocycles. The number of amides is 2. The van der Waals surface area contributed by atoms with Gasteiger partial charge in [0.15, 0.2) is 0 Å². The number of hydrogen-bond donors (Lipinski definition) is 1. The highest BCUT2D eigenvalue weighted by Gasteiger charge is 2.51. The molecule has 0 aromatic heterocycles. The fourth-order valence-corrected chi connectivity index (χ4v) is 8.82. The Bertz CT molecular complexity index is 1350. The van der Waals surface area contributed by atoms with Gasteiger partial charge in [-0.2, -0.15) is 0 Å². The summed E-state index contributed by atoms with van der Waals surface area (Å²) in [6, 6.07) is 14.2. The topological polar surface area (TPSA) is 96.0 Å². The van der Waals surface area contributed by atoms with Crippen molar-refractivity contribution in [2.45, 2.75) is 83.3 Å². The molecule has 0 radical (unpaired) electrons. The molecule has 2 aromatic carbocycles. The van der Waals surface area contributed by atoms with Crippen molar-refractivity contribution in [1.29, 1.82) is 0 Å². The third-order valence-electron chi connectivity index (χ3n) is 9.60. The average molecular weight is 596 g/mol. The maximum Gasteiger partial charge on any atom is 0.244 e. The molecule has 1 atom stereocenters. The largest absolute Gasteiger partial charge is 0.497 e. The van der Waals surface area contributed by atoms with Gasteiger partial charge in [-0.05, 0) is 118 Å². The Kier molecular flexibility index (Phi) is 8.61. The van der Waals surface area contributed by atoms with Gasteiger partial charge in [0, 0.05) is 12.6 Å². The van der Waals surface area contributed by atoms with Crippen LogP contribution in [0.4, 0.5) is 5.69 Å². The fraction of sp³-hybridized carbons (Fsp3) is 0.576. The minimum absolute atomic E-state index is 0.0992. The molecule has 228 valence electrons. The van der Waals surface area contributed by atoms with Crippen molar-refractivity contribution < 1.29 is 22.7 Å². The van der Waals surface area contributed by atoms with Crippen molar-refractivity contribution in [2.75, 3.05) is 24.2 Å². The molecule has 4 bridgehead atoms. The fourth-order valence-electron chi connectivity index (χ4n) is 7.97. The zero-order valence-electron chi connectivity index (χ0n) is 25.5. The van der Waals surface area contributed by atoms with Crippen molar-refractivity contribution >= 4 is 27.5 Å². The number of benzene rings is 2. The third kappa shape index (κ3) is 6.46. The molecule has 0 spiro atoms. The Morgan fingerprint density at radius 1 is 0.929 bits per heavy atom. The van der Waals surface area contributed by atoms with Crippen LogP contribution >= 0.6 is 0 Å². The summed E-state index contributed by atoms with van der Waals surface area (Å²) in [6.07, 6.45) is 8.89. The second-order valence-electron chi connectivity index (χ2n) is 13.2. The van der Waals surface area contributed by atoms with Crippen LogP contribution in [0.1, 0.15) is 70.4 Å². The lowest BCUT2D eigenvalue weighted by Crippen LogP contribution is -2.52. The van der Waals surface area contributed by atoms with E-state index in [1.54, 1.807) is 26.2 Å². The summed E-state index contributed by atoms with van der Waals surface area (Å²) in [4.78, 5) is 28.3. The predicted molar refractivity (Wildman–Crippen MR) is 165 cm³/mol. The summed E-state index contributed by atoms with van der Waals surface area (Å²) in [5.74, 6) is 2.38. The summed E-state index contributed by atoms with van der Waals surface area (Å²) in [5.41, 5.74) is 2.76. The molecular weight excluding hydrogens is 550 g/mol. The first-order valence-electron chi connectivity index (χ1n) is 15.2. The number of nitrogens with one attached hydrogen (secondary N) is 1. The van der Waals surface area contributed by atoms with Crippen LogP contribution in [0, 0.1) is 17.8 Å². The van der Waals surface area contributed by atoms with E-state index >= 15 is 0 Å². The molecule has 0 saturated heterocycles. The van der Waals surface area contributed by atoms with E-state index in [9.17, 15) is 18.0 Å². The maximum atomic E-state index is 13.8. The first-order chi connectivity index (χ1) is 19.9. The van der Waals surface area contributed by atoms with E-state index in [4.69, 9.17) is 4.74 Å². The summed E-state index contributed by atoms with van der Waals surface area (Å²) in [7, 11) is -2.20. The monoisotopic (exact) mass is 595 g/mol. The van der Waals surface area contributed by atoms with Gasteiger partial charge < -0.3 is 15.0 Å². The van der Waals surface area contributed by atoms with E-state index in [0.717, 1.165) is 33.9 Å². The lowest BCUT2D eigenvalue weighted by molar-refractivity contribution is -0.139. The van der Waals surface area contributed by atoms with Gasteiger partial charge in [0.25, 0.3) is 0 Å². The normalized spacial score (nSPS) is 25.2. The van der Waals surface area contributed by atoms with E-state index in [1.165, 1.54) is 49.0 Å². The van der Waals surface area contributed by atoms with Crippen molar-refractivity contribution in [3.8, 4) is 5.75 Å². The summed E-state index contributed by atoms with van der Waals surface area (Å²) in [5, 5.41) is 2.87. The number of nitrogens with zero attached hydrogens (tertiary/aromatic N) is 2. The number of methoxy groups -OCH3 is 1. The van der Waals surface area contributed by atoms with Crippen LogP contribution in [0.3, 0.4) is 0 Å². The molecule has 2 aromatic rings. The van der Waals surface area contributed by atoms with Crippen molar-refractivity contribution in [2.24, 2.45) is 17.8 Å². The Morgan fingerprint density at radius 3 is 1.95 bits per heavy atom. The van der Waals surface area contributed by atoms with E-state index in [1.807, 2.05) is 38.1 Å². The summed E-state index contributed by atoms with van der Waals surface area (Å²) >= 11 is 0. The van der Waals surface area contributed by atoms with Crippen molar-refractivity contribution in [3.05, 3.63) is 59.7 Å². The van der Waals surface area contributed by atoms with Gasteiger partial charge >= 0.3 is 0 Å². The van der Waals surface area contributed by atoms with E-state index < -0.39 is 28.5 Å². The van der Waals surface area contributed by atoms with Crippen LogP contribution < -0.4 is 14.4 Å². The molecule has 42 heavy (non-hydrogen) atoms. The van der Waals surface area contributed by atoms with Crippen LogP contribution in [0.5, 0.6) is 5.75 Å². The van der Waals surface area contributed by atoms with Gasteiger partial charge in [0.05, 0.1) is 19.1 Å². The second-order valence-corrected chi connectivity index (χ2v) is 15.1. The number of sulfonamides is 1. The van der Waals surface area contributed by atoms with E-state index in [2.05, 4.69) is 17.4 Å². The molecule has 6 rings (SSSR count). The maximum absolute atomic E-state index is 13.8. The Labute approximate surface area is 250 Å². The highest BCUT2D eigenvalue weighted by molar-refractivity contribution is 7.92. The number of rotatable bonds is 11. The van der Waals surface area contributed by atoms with Crippen LogP contribution in [0.25, 0.3) is 0 Å². The number of carbonyl (C=O) groups is 2.